The van der Waals surface area contributed by atoms with Crippen LogP contribution >= 0.6 is 0 Å². The normalized spacial score (nSPS) is 14.9. The van der Waals surface area contributed by atoms with Crippen molar-refractivity contribution in [1.29, 1.82) is 0 Å². The first-order valence-electron chi connectivity index (χ1n) is 8.97. The third-order valence-electron chi connectivity index (χ3n) is 4.91. The highest BCUT2D eigenvalue weighted by Crippen LogP contribution is 2.27. The molecule has 1 saturated heterocycles. The number of hydrogen-bond acceptors (Lipinski definition) is 3. The molecule has 1 N–H and O–H groups in total. The van der Waals surface area contributed by atoms with E-state index in [1.165, 1.54) is 0 Å². The smallest absolute Gasteiger partial charge is 0.268 e. The second kappa shape index (κ2) is 6.29. The Bertz CT molecular complexity index is 1060. The summed E-state index contributed by atoms with van der Waals surface area (Å²) >= 11 is 0. The van der Waals surface area contributed by atoms with E-state index in [9.17, 15) is 9.59 Å². The molecule has 1 aliphatic rings. The Balaban J connectivity index is 1.99. The van der Waals surface area contributed by atoms with Crippen LogP contribution in [0.2, 0.25) is 0 Å². The van der Waals surface area contributed by atoms with Crippen LogP contribution in [-0.2, 0) is 18.3 Å². The van der Waals surface area contributed by atoms with Gasteiger partial charge in [-0.2, -0.15) is 0 Å². The summed E-state index contributed by atoms with van der Waals surface area (Å²) in [5, 5.41) is 4.56. The van der Waals surface area contributed by atoms with Crippen LogP contribution in [0, 0.1) is 5.92 Å². The van der Waals surface area contributed by atoms with Gasteiger partial charge in [-0.25, -0.2) is 0 Å². The molecule has 3 heterocycles. The monoisotopic (exact) mass is 353 g/mol. The van der Waals surface area contributed by atoms with Gasteiger partial charge in [0.15, 0.2) is 0 Å². The third kappa shape index (κ3) is 2.61. The number of para-hydroxylation sites is 1. The zero-order chi connectivity index (χ0) is 18.4. The number of fused-ring (bicyclic) bond motifs is 3. The summed E-state index contributed by atoms with van der Waals surface area (Å²) in [5.74, 6) is 0.188. The largest absolute Gasteiger partial charge is 0.377 e. The van der Waals surface area contributed by atoms with E-state index >= 15 is 0 Å². The summed E-state index contributed by atoms with van der Waals surface area (Å²) in [6.45, 7) is 5.97. The highest BCUT2D eigenvalue weighted by atomic mass is 16.5. The molecule has 0 bridgehead atoms. The molecule has 0 radical (unpaired) electrons. The fraction of sp³-hybridized carbons (Fsp3) is 0.400. The molecule has 6 heteroatoms. The van der Waals surface area contributed by atoms with Crippen LogP contribution in [0.15, 0.2) is 35.1 Å². The lowest BCUT2D eigenvalue weighted by atomic mass is 10.1. The number of benzene rings is 1. The highest BCUT2D eigenvalue weighted by Gasteiger charge is 2.25. The second-order valence-electron chi connectivity index (χ2n) is 7.39. The maximum atomic E-state index is 12.9. The minimum atomic E-state index is -0.152. The number of hydrogen-bond donors (Lipinski definition) is 1. The fourth-order valence-electron chi connectivity index (χ4n) is 3.58. The zero-order valence-corrected chi connectivity index (χ0v) is 15.3. The number of carbonyl (C=O) groups is 1. The number of carbonyl (C=O) groups excluding carboxylic acids is 1. The summed E-state index contributed by atoms with van der Waals surface area (Å²) in [5.41, 5.74) is 2.16. The number of aromatic nitrogens is 2. The van der Waals surface area contributed by atoms with Gasteiger partial charge in [0, 0.05) is 19.0 Å². The molecule has 1 aromatic carbocycles. The first-order chi connectivity index (χ1) is 12.5. The van der Waals surface area contributed by atoms with E-state index in [-0.39, 0.29) is 17.5 Å². The summed E-state index contributed by atoms with van der Waals surface area (Å²) < 4.78 is 8.79. The van der Waals surface area contributed by atoms with Crippen molar-refractivity contribution in [2.24, 2.45) is 13.0 Å². The maximum absolute atomic E-state index is 12.9. The molecule has 136 valence electrons. The first kappa shape index (κ1) is 16.8. The molecule has 26 heavy (non-hydrogen) atoms. The topological polar surface area (TPSA) is 65.3 Å². The summed E-state index contributed by atoms with van der Waals surface area (Å²) in [6.07, 6.45) is 0. The van der Waals surface area contributed by atoms with E-state index in [4.69, 9.17) is 4.74 Å². The predicted octanol–water partition coefficient (Wildman–Crippen LogP) is 2.28. The van der Waals surface area contributed by atoms with Gasteiger partial charge in [0.25, 0.3) is 11.5 Å². The molecule has 4 rings (SSSR count). The Morgan fingerprint density at radius 2 is 2.00 bits per heavy atom. The first-order valence-corrected chi connectivity index (χ1v) is 8.97. The standard InChI is InChI=1S/C20H23N3O3/c1-12(2)9-23-17(19(24)21-13-10-26-11-13)8-15-18(23)14-6-4-5-7-16(14)22(3)20(15)25/h4-8,12-13H,9-11H2,1-3H3,(H,21,24). The number of amides is 1. The van der Waals surface area contributed by atoms with Crippen molar-refractivity contribution in [2.75, 3.05) is 13.2 Å². The number of pyridine rings is 1. The summed E-state index contributed by atoms with van der Waals surface area (Å²) in [4.78, 5) is 25.8. The van der Waals surface area contributed by atoms with E-state index in [1.807, 2.05) is 28.8 Å². The highest BCUT2D eigenvalue weighted by molar-refractivity contribution is 6.08. The molecule has 0 unspecified atom stereocenters. The number of ether oxygens (including phenoxy) is 1. The number of aryl methyl sites for hydroxylation is 1. The molecule has 3 aromatic rings. The lowest BCUT2D eigenvalue weighted by Crippen LogP contribution is -2.49. The Morgan fingerprint density at radius 3 is 2.65 bits per heavy atom. The molecule has 0 aliphatic carbocycles. The Hall–Kier alpha value is -2.60. The van der Waals surface area contributed by atoms with Crippen LogP contribution in [0.4, 0.5) is 0 Å². The van der Waals surface area contributed by atoms with Crippen LogP contribution in [0.1, 0.15) is 24.3 Å². The van der Waals surface area contributed by atoms with Crippen LogP contribution < -0.4 is 10.9 Å². The number of nitrogens with one attached hydrogen (secondary N) is 1. The van der Waals surface area contributed by atoms with Crippen molar-refractivity contribution in [3.8, 4) is 0 Å². The van der Waals surface area contributed by atoms with Crippen LogP contribution in [0.3, 0.4) is 0 Å². The zero-order valence-electron chi connectivity index (χ0n) is 15.3. The van der Waals surface area contributed by atoms with E-state index < -0.39 is 0 Å². The van der Waals surface area contributed by atoms with Crippen molar-refractivity contribution in [1.82, 2.24) is 14.5 Å². The van der Waals surface area contributed by atoms with Crippen molar-refractivity contribution >= 4 is 27.7 Å². The predicted molar refractivity (Wildman–Crippen MR) is 102 cm³/mol. The average Bonchev–Trinajstić information content (AvgIpc) is 2.95. The van der Waals surface area contributed by atoms with Crippen molar-refractivity contribution in [2.45, 2.75) is 26.4 Å². The molecule has 0 saturated carbocycles. The SMILES string of the molecule is CC(C)Cn1c(C(=O)NC2COC2)cc2c(=O)n(C)c3ccccc3c21. The Morgan fingerprint density at radius 1 is 1.27 bits per heavy atom. The Kier molecular flexibility index (Phi) is 4.07. The second-order valence-corrected chi connectivity index (χ2v) is 7.39. The third-order valence-corrected chi connectivity index (χ3v) is 4.91. The van der Waals surface area contributed by atoms with Crippen molar-refractivity contribution in [3.63, 3.8) is 0 Å². The van der Waals surface area contributed by atoms with E-state index in [0.717, 1.165) is 16.4 Å². The van der Waals surface area contributed by atoms with Gasteiger partial charge in [-0.1, -0.05) is 32.0 Å². The molecule has 1 fully saturated rings. The fourth-order valence-corrected chi connectivity index (χ4v) is 3.58. The van der Waals surface area contributed by atoms with Gasteiger partial charge < -0.3 is 19.2 Å². The summed E-state index contributed by atoms with van der Waals surface area (Å²) in [6, 6.07) is 9.62. The van der Waals surface area contributed by atoms with Crippen LogP contribution in [0.5, 0.6) is 0 Å². The van der Waals surface area contributed by atoms with Crippen molar-refractivity contribution < 1.29 is 9.53 Å². The molecular formula is C20H23N3O3. The van der Waals surface area contributed by atoms with E-state index in [2.05, 4.69) is 19.2 Å². The molecule has 1 aliphatic heterocycles. The minimum absolute atomic E-state index is 0.0487. The van der Waals surface area contributed by atoms with Gasteiger partial charge >= 0.3 is 0 Å². The molecule has 0 atom stereocenters. The van der Waals surface area contributed by atoms with Gasteiger partial charge in [0.2, 0.25) is 0 Å². The van der Waals surface area contributed by atoms with Crippen molar-refractivity contribution in [3.05, 3.63) is 46.4 Å². The van der Waals surface area contributed by atoms with Gasteiger partial charge in [-0.15, -0.1) is 0 Å². The van der Waals surface area contributed by atoms with Crippen LogP contribution in [-0.4, -0.2) is 34.3 Å². The maximum Gasteiger partial charge on any atom is 0.268 e. The average molecular weight is 353 g/mol. The molecule has 6 nitrogen and oxygen atoms in total. The van der Waals surface area contributed by atoms with Gasteiger partial charge in [0.1, 0.15) is 5.69 Å². The van der Waals surface area contributed by atoms with Gasteiger partial charge in [0.05, 0.1) is 35.7 Å². The number of rotatable bonds is 4. The molecular weight excluding hydrogens is 330 g/mol. The quantitative estimate of drug-likeness (QED) is 0.783. The summed E-state index contributed by atoms with van der Waals surface area (Å²) in [7, 11) is 1.77. The van der Waals surface area contributed by atoms with E-state index in [0.29, 0.717) is 36.8 Å². The van der Waals surface area contributed by atoms with E-state index in [1.54, 1.807) is 17.7 Å². The van der Waals surface area contributed by atoms with Gasteiger partial charge in [-0.3, -0.25) is 9.59 Å². The molecule has 1 amide bonds. The number of nitrogens with zero attached hydrogens (tertiary/aromatic N) is 2. The lowest BCUT2D eigenvalue weighted by molar-refractivity contribution is -0.00361. The molecule has 0 spiro atoms. The van der Waals surface area contributed by atoms with Crippen LogP contribution in [0.25, 0.3) is 21.8 Å². The lowest BCUT2D eigenvalue weighted by Gasteiger charge is -2.27. The minimum Gasteiger partial charge on any atom is -0.377 e. The van der Waals surface area contributed by atoms with Gasteiger partial charge in [-0.05, 0) is 18.1 Å². The Labute approximate surface area is 151 Å². The molecule has 2 aromatic heterocycles.